The monoisotopic (exact) mass is 258 g/mol. The number of benzene rings is 1. The van der Waals surface area contributed by atoms with Gasteiger partial charge in [-0.05, 0) is 51.6 Å². The van der Waals surface area contributed by atoms with Gasteiger partial charge in [-0.1, -0.05) is 18.2 Å². The topological polar surface area (TPSA) is 48.0 Å². The molecule has 0 bridgehead atoms. The van der Waals surface area contributed by atoms with Gasteiger partial charge in [0, 0.05) is 17.1 Å². The molecule has 0 amide bonds. The smallest absolute Gasteiger partial charge is 0.254 e. The van der Waals surface area contributed by atoms with Gasteiger partial charge in [0.25, 0.3) is 5.56 Å². The summed E-state index contributed by atoms with van der Waals surface area (Å²) in [6.45, 7) is 7.96. The number of nitrogens with zero attached hydrogens (tertiary/aromatic N) is 1. The summed E-state index contributed by atoms with van der Waals surface area (Å²) in [5, 5.41) is 1.09. The summed E-state index contributed by atoms with van der Waals surface area (Å²) in [6.07, 6.45) is 0.587. The molecular formula is C16H22N2O. The van der Waals surface area contributed by atoms with Crippen molar-refractivity contribution in [2.75, 3.05) is 0 Å². The third-order valence-electron chi connectivity index (χ3n) is 3.18. The number of fused-ring (bicyclic) bond motifs is 1. The zero-order chi connectivity index (χ0) is 14.2. The summed E-state index contributed by atoms with van der Waals surface area (Å²) in [4.78, 5) is 12.6. The maximum absolute atomic E-state index is 12.6. The van der Waals surface area contributed by atoms with Crippen LogP contribution < -0.4 is 11.3 Å². The number of hydrogen-bond acceptors (Lipinski definition) is 2. The minimum atomic E-state index is -0.379. The van der Waals surface area contributed by atoms with E-state index in [1.54, 1.807) is 0 Å². The van der Waals surface area contributed by atoms with Crippen LogP contribution in [0, 0.1) is 0 Å². The van der Waals surface area contributed by atoms with E-state index in [9.17, 15) is 4.79 Å². The minimum absolute atomic E-state index is 0.0761. The Bertz CT molecular complexity index is 648. The van der Waals surface area contributed by atoms with Gasteiger partial charge in [0.2, 0.25) is 0 Å². The van der Waals surface area contributed by atoms with Crippen molar-refractivity contribution in [3.05, 3.63) is 46.2 Å². The van der Waals surface area contributed by atoms with Crippen molar-refractivity contribution < 1.29 is 0 Å². The number of aromatic nitrogens is 1. The summed E-state index contributed by atoms with van der Waals surface area (Å²) in [7, 11) is 0. The molecule has 0 unspecified atom stereocenters. The van der Waals surface area contributed by atoms with E-state index in [4.69, 9.17) is 5.73 Å². The molecule has 0 aliphatic rings. The first-order valence-corrected chi connectivity index (χ1v) is 6.71. The molecule has 3 heteroatoms. The van der Waals surface area contributed by atoms with E-state index in [2.05, 4.69) is 0 Å². The van der Waals surface area contributed by atoms with E-state index in [1.807, 2.05) is 62.6 Å². The Morgan fingerprint density at radius 3 is 2.47 bits per heavy atom. The normalized spacial score (nSPS) is 12.3. The van der Waals surface area contributed by atoms with Crippen molar-refractivity contribution in [1.29, 1.82) is 0 Å². The fourth-order valence-corrected chi connectivity index (χ4v) is 2.47. The Labute approximate surface area is 114 Å². The van der Waals surface area contributed by atoms with E-state index >= 15 is 0 Å². The Kier molecular flexibility index (Phi) is 3.50. The lowest BCUT2D eigenvalue weighted by molar-refractivity contribution is 0.507. The van der Waals surface area contributed by atoms with Crippen molar-refractivity contribution >= 4 is 10.9 Å². The standard InChI is InChI=1S/C16H22N2O/c1-11(2)18-14-8-6-5-7-12(14)9-13(15(18)19)10-16(3,4)17/h5-9,11H,10,17H2,1-4H3. The van der Waals surface area contributed by atoms with Gasteiger partial charge in [0.15, 0.2) is 0 Å². The van der Waals surface area contributed by atoms with Gasteiger partial charge in [-0.3, -0.25) is 4.79 Å². The number of rotatable bonds is 3. The van der Waals surface area contributed by atoms with Crippen LogP contribution in [0.15, 0.2) is 35.1 Å². The molecular weight excluding hydrogens is 236 g/mol. The van der Waals surface area contributed by atoms with Crippen LogP contribution in [0.1, 0.15) is 39.3 Å². The van der Waals surface area contributed by atoms with Crippen molar-refractivity contribution in [2.24, 2.45) is 5.73 Å². The van der Waals surface area contributed by atoms with Gasteiger partial charge in [0.1, 0.15) is 0 Å². The zero-order valence-corrected chi connectivity index (χ0v) is 12.1. The maximum atomic E-state index is 12.6. The molecule has 19 heavy (non-hydrogen) atoms. The van der Waals surface area contributed by atoms with Crippen LogP contribution in [0.2, 0.25) is 0 Å². The second-order valence-electron chi connectivity index (χ2n) is 6.16. The van der Waals surface area contributed by atoms with E-state index < -0.39 is 0 Å². The molecule has 1 aromatic heterocycles. The van der Waals surface area contributed by atoms with Crippen LogP contribution in [0.5, 0.6) is 0 Å². The van der Waals surface area contributed by atoms with Crippen LogP contribution in [-0.2, 0) is 6.42 Å². The largest absolute Gasteiger partial charge is 0.325 e. The highest BCUT2D eigenvalue weighted by Gasteiger charge is 2.17. The number of nitrogens with two attached hydrogens (primary N) is 1. The summed E-state index contributed by atoms with van der Waals surface area (Å²) >= 11 is 0. The van der Waals surface area contributed by atoms with Crippen molar-refractivity contribution in [1.82, 2.24) is 4.57 Å². The molecule has 2 rings (SSSR count). The molecule has 0 spiro atoms. The Morgan fingerprint density at radius 1 is 1.26 bits per heavy atom. The lowest BCUT2D eigenvalue weighted by Crippen LogP contribution is -2.38. The van der Waals surface area contributed by atoms with Crippen LogP contribution in [0.25, 0.3) is 10.9 Å². The van der Waals surface area contributed by atoms with Crippen LogP contribution >= 0.6 is 0 Å². The van der Waals surface area contributed by atoms with Gasteiger partial charge < -0.3 is 10.3 Å². The molecule has 0 aliphatic heterocycles. The lowest BCUT2D eigenvalue weighted by Gasteiger charge is -2.21. The average molecular weight is 258 g/mol. The summed E-state index contributed by atoms with van der Waals surface area (Å²) < 4.78 is 1.86. The Balaban J connectivity index is 2.74. The summed E-state index contributed by atoms with van der Waals surface area (Å²) in [5.41, 5.74) is 7.53. The fourth-order valence-electron chi connectivity index (χ4n) is 2.47. The third kappa shape index (κ3) is 2.87. The fraction of sp³-hybridized carbons (Fsp3) is 0.438. The molecule has 0 radical (unpaired) electrons. The van der Waals surface area contributed by atoms with Crippen LogP contribution in [0.4, 0.5) is 0 Å². The molecule has 0 aliphatic carbocycles. The quantitative estimate of drug-likeness (QED) is 0.920. The third-order valence-corrected chi connectivity index (χ3v) is 3.18. The molecule has 0 saturated carbocycles. The first kappa shape index (κ1) is 13.8. The second-order valence-corrected chi connectivity index (χ2v) is 6.16. The Hall–Kier alpha value is -1.61. The minimum Gasteiger partial charge on any atom is -0.325 e. The van der Waals surface area contributed by atoms with Crippen LogP contribution in [0.3, 0.4) is 0 Å². The second kappa shape index (κ2) is 4.82. The lowest BCUT2D eigenvalue weighted by atomic mass is 9.96. The molecule has 2 aromatic rings. The number of hydrogen-bond donors (Lipinski definition) is 1. The first-order valence-electron chi connectivity index (χ1n) is 6.71. The summed E-state index contributed by atoms with van der Waals surface area (Å²) in [6, 6.07) is 10.1. The van der Waals surface area contributed by atoms with Crippen molar-refractivity contribution in [2.45, 2.75) is 45.7 Å². The predicted molar refractivity (Wildman–Crippen MR) is 80.6 cm³/mol. The zero-order valence-electron chi connectivity index (χ0n) is 12.1. The maximum Gasteiger partial charge on any atom is 0.254 e. The van der Waals surface area contributed by atoms with Gasteiger partial charge in [-0.15, -0.1) is 0 Å². The van der Waals surface area contributed by atoms with Gasteiger partial charge in [-0.25, -0.2) is 0 Å². The molecule has 0 saturated heterocycles. The average Bonchev–Trinajstić information content (AvgIpc) is 2.27. The van der Waals surface area contributed by atoms with Crippen LogP contribution in [-0.4, -0.2) is 10.1 Å². The number of para-hydroxylation sites is 1. The highest BCUT2D eigenvalue weighted by Crippen LogP contribution is 2.18. The van der Waals surface area contributed by atoms with Gasteiger partial charge in [0.05, 0.1) is 5.52 Å². The van der Waals surface area contributed by atoms with Gasteiger partial charge in [-0.2, -0.15) is 0 Å². The summed E-state index contributed by atoms with van der Waals surface area (Å²) in [5.74, 6) is 0. The highest BCUT2D eigenvalue weighted by atomic mass is 16.1. The van der Waals surface area contributed by atoms with E-state index in [0.29, 0.717) is 6.42 Å². The molecule has 2 N–H and O–H groups in total. The molecule has 1 heterocycles. The SMILES string of the molecule is CC(C)n1c(=O)c(CC(C)(C)N)cc2ccccc21. The van der Waals surface area contributed by atoms with Crippen molar-refractivity contribution in [3.8, 4) is 0 Å². The van der Waals surface area contributed by atoms with E-state index in [0.717, 1.165) is 16.5 Å². The molecule has 1 aromatic carbocycles. The molecule has 3 nitrogen and oxygen atoms in total. The van der Waals surface area contributed by atoms with Gasteiger partial charge >= 0.3 is 0 Å². The molecule has 102 valence electrons. The number of pyridine rings is 1. The van der Waals surface area contributed by atoms with E-state index in [1.165, 1.54) is 0 Å². The Morgan fingerprint density at radius 2 is 1.89 bits per heavy atom. The molecule has 0 fully saturated rings. The van der Waals surface area contributed by atoms with Crippen molar-refractivity contribution in [3.63, 3.8) is 0 Å². The van der Waals surface area contributed by atoms with E-state index in [-0.39, 0.29) is 17.1 Å². The predicted octanol–water partition coefficient (Wildman–Crippen LogP) is 2.86. The first-order chi connectivity index (χ1) is 8.79. The molecule has 0 atom stereocenters. The highest BCUT2D eigenvalue weighted by molar-refractivity contribution is 5.79.